The Kier molecular flexibility index (Phi) is 4.45. The van der Waals surface area contributed by atoms with Crippen LogP contribution in [-0.2, 0) is 14.8 Å². The summed E-state index contributed by atoms with van der Waals surface area (Å²) >= 11 is 0. The second-order valence-electron chi connectivity index (χ2n) is 5.32. The number of carbonyl (C=O) groups excluding carboxylic acids is 1. The minimum Gasteiger partial charge on any atom is -0.355 e. The van der Waals surface area contributed by atoms with Crippen LogP contribution in [0, 0.1) is 18.8 Å². The fraction of sp³-hybridized carbons (Fsp3) is 0.500. The molecule has 0 aliphatic heterocycles. The summed E-state index contributed by atoms with van der Waals surface area (Å²) < 4.78 is 26.4. The predicted octanol–water partition coefficient (Wildman–Crippen LogP) is 1.05. The molecule has 1 aromatic carbocycles. The summed E-state index contributed by atoms with van der Waals surface area (Å²) in [6, 6.07) is 6.65. The molecule has 5 nitrogen and oxygen atoms in total. The summed E-state index contributed by atoms with van der Waals surface area (Å²) in [7, 11) is -3.49. The highest BCUT2D eigenvalue weighted by Gasteiger charge is 2.38. The molecule has 1 aromatic rings. The maximum absolute atomic E-state index is 12.0. The van der Waals surface area contributed by atoms with Crippen molar-refractivity contribution in [1.82, 2.24) is 10.0 Å². The van der Waals surface area contributed by atoms with Gasteiger partial charge in [-0.2, -0.15) is 0 Å². The molecular formula is C14H20N2O3S. The zero-order valence-electron chi connectivity index (χ0n) is 11.7. The van der Waals surface area contributed by atoms with E-state index in [0.717, 1.165) is 12.0 Å². The van der Waals surface area contributed by atoms with Gasteiger partial charge < -0.3 is 5.32 Å². The standard InChI is InChI=1S/C14H20N2O3S/c1-10-3-5-12(6-4-10)20(18,19)16-8-7-15-14(17)13-9-11(13)2/h3-6,11,13,16H,7-9H2,1-2H3,(H,15,17)/t11-,13+/m1/s1. The Morgan fingerprint density at radius 3 is 2.40 bits per heavy atom. The molecule has 2 N–H and O–H groups in total. The Morgan fingerprint density at radius 2 is 1.85 bits per heavy atom. The van der Waals surface area contributed by atoms with Crippen LogP contribution in [-0.4, -0.2) is 27.4 Å². The summed E-state index contributed by atoms with van der Waals surface area (Å²) in [4.78, 5) is 11.8. The Balaban J connectivity index is 1.78. The second-order valence-corrected chi connectivity index (χ2v) is 7.09. The predicted molar refractivity (Wildman–Crippen MR) is 76.6 cm³/mol. The van der Waals surface area contributed by atoms with E-state index in [1.807, 2.05) is 13.8 Å². The van der Waals surface area contributed by atoms with Crippen LogP contribution in [0.4, 0.5) is 0 Å². The zero-order valence-corrected chi connectivity index (χ0v) is 12.5. The fourth-order valence-electron chi connectivity index (χ4n) is 1.99. The molecule has 1 saturated carbocycles. The van der Waals surface area contributed by atoms with Gasteiger partial charge in [-0.3, -0.25) is 4.79 Å². The van der Waals surface area contributed by atoms with E-state index >= 15 is 0 Å². The first-order valence-electron chi connectivity index (χ1n) is 6.74. The molecule has 0 bridgehead atoms. The van der Waals surface area contributed by atoms with E-state index in [2.05, 4.69) is 10.0 Å². The Bertz CT molecular complexity index is 581. The fourth-order valence-corrected chi connectivity index (χ4v) is 3.02. The smallest absolute Gasteiger partial charge is 0.240 e. The molecule has 6 heteroatoms. The number of nitrogens with one attached hydrogen (secondary N) is 2. The molecule has 0 saturated heterocycles. The third-order valence-corrected chi connectivity index (χ3v) is 4.97. The number of aryl methyl sites for hydroxylation is 1. The Morgan fingerprint density at radius 1 is 1.25 bits per heavy atom. The van der Waals surface area contributed by atoms with Crippen LogP contribution in [0.1, 0.15) is 18.9 Å². The van der Waals surface area contributed by atoms with Gasteiger partial charge in [-0.1, -0.05) is 24.6 Å². The third-order valence-electron chi connectivity index (χ3n) is 3.49. The quantitative estimate of drug-likeness (QED) is 0.770. The summed E-state index contributed by atoms with van der Waals surface area (Å²) in [6.07, 6.45) is 0.931. The first-order valence-corrected chi connectivity index (χ1v) is 8.22. The van der Waals surface area contributed by atoms with Gasteiger partial charge in [0, 0.05) is 19.0 Å². The largest absolute Gasteiger partial charge is 0.355 e. The van der Waals surface area contributed by atoms with Crippen LogP contribution in [0.25, 0.3) is 0 Å². The maximum atomic E-state index is 12.0. The van der Waals surface area contributed by atoms with Crippen LogP contribution in [0.15, 0.2) is 29.2 Å². The lowest BCUT2D eigenvalue weighted by Crippen LogP contribution is -2.35. The first-order chi connectivity index (χ1) is 9.40. The lowest BCUT2D eigenvalue weighted by molar-refractivity contribution is -0.122. The summed E-state index contributed by atoms with van der Waals surface area (Å²) in [6.45, 7) is 4.44. The van der Waals surface area contributed by atoms with Crippen molar-refractivity contribution in [3.8, 4) is 0 Å². The number of hydrogen-bond acceptors (Lipinski definition) is 3. The van der Waals surface area contributed by atoms with E-state index in [9.17, 15) is 13.2 Å². The molecule has 0 aromatic heterocycles. The average Bonchev–Trinajstić information content (AvgIpc) is 3.12. The van der Waals surface area contributed by atoms with Gasteiger partial charge in [0.05, 0.1) is 4.90 Å². The molecule has 1 aliphatic rings. The number of benzene rings is 1. The minimum atomic E-state index is -3.49. The molecule has 0 heterocycles. The van der Waals surface area contributed by atoms with E-state index in [1.54, 1.807) is 24.3 Å². The van der Waals surface area contributed by atoms with Gasteiger partial charge in [0.2, 0.25) is 15.9 Å². The molecule has 0 unspecified atom stereocenters. The van der Waals surface area contributed by atoms with Gasteiger partial charge in [-0.25, -0.2) is 13.1 Å². The molecular weight excluding hydrogens is 276 g/mol. The summed E-state index contributed by atoms with van der Waals surface area (Å²) in [5.41, 5.74) is 1.01. The number of amides is 1. The van der Waals surface area contributed by atoms with Crippen molar-refractivity contribution in [1.29, 1.82) is 0 Å². The van der Waals surface area contributed by atoms with E-state index in [4.69, 9.17) is 0 Å². The van der Waals surface area contributed by atoms with E-state index in [-0.39, 0.29) is 23.3 Å². The van der Waals surface area contributed by atoms with Crippen molar-refractivity contribution < 1.29 is 13.2 Å². The van der Waals surface area contributed by atoms with Gasteiger partial charge in [0.25, 0.3) is 0 Å². The van der Waals surface area contributed by atoms with E-state index < -0.39 is 10.0 Å². The summed E-state index contributed by atoms with van der Waals surface area (Å²) in [5, 5.41) is 2.74. The normalized spacial score (nSPS) is 21.5. The van der Waals surface area contributed by atoms with Crippen LogP contribution in [0.5, 0.6) is 0 Å². The number of hydrogen-bond donors (Lipinski definition) is 2. The summed E-state index contributed by atoms with van der Waals surface area (Å²) in [5.74, 6) is 0.593. The molecule has 1 fully saturated rings. The minimum absolute atomic E-state index is 0.0204. The topological polar surface area (TPSA) is 75.3 Å². The van der Waals surface area contributed by atoms with Crippen molar-refractivity contribution in [3.63, 3.8) is 0 Å². The van der Waals surface area contributed by atoms with Crippen LogP contribution in [0.2, 0.25) is 0 Å². The van der Waals surface area contributed by atoms with Crippen molar-refractivity contribution in [2.45, 2.75) is 25.2 Å². The Labute approximate surface area is 119 Å². The Hall–Kier alpha value is -1.40. The third kappa shape index (κ3) is 3.80. The SMILES string of the molecule is Cc1ccc(S(=O)(=O)NCCNC(=O)[C@H]2C[C@H]2C)cc1. The zero-order chi connectivity index (χ0) is 14.8. The lowest BCUT2D eigenvalue weighted by Gasteiger charge is -2.08. The maximum Gasteiger partial charge on any atom is 0.240 e. The van der Waals surface area contributed by atoms with Crippen LogP contribution >= 0.6 is 0 Å². The monoisotopic (exact) mass is 296 g/mol. The highest BCUT2D eigenvalue weighted by atomic mass is 32.2. The molecule has 2 atom stereocenters. The molecule has 110 valence electrons. The second kappa shape index (κ2) is 5.93. The van der Waals surface area contributed by atoms with Gasteiger partial charge in [0.1, 0.15) is 0 Å². The highest BCUT2D eigenvalue weighted by molar-refractivity contribution is 7.89. The molecule has 1 aliphatic carbocycles. The number of carbonyl (C=O) groups is 1. The average molecular weight is 296 g/mol. The van der Waals surface area contributed by atoms with Crippen molar-refractivity contribution in [2.75, 3.05) is 13.1 Å². The number of rotatable bonds is 6. The molecule has 1 amide bonds. The van der Waals surface area contributed by atoms with Crippen LogP contribution in [0.3, 0.4) is 0 Å². The number of sulfonamides is 1. The van der Waals surface area contributed by atoms with Gasteiger partial charge in [-0.15, -0.1) is 0 Å². The van der Waals surface area contributed by atoms with Crippen molar-refractivity contribution >= 4 is 15.9 Å². The van der Waals surface area contributed by atoms with Crippen molar-refractivity contribution in [2.24, 2.45) is 11.8 Å². The van der Waals surface area contributed by atoms with Crippen LogP contribution < -0.4 is 10.0 Å². The van der Waals surface area contributed by atoms with Crippen molar-refractivity contribution in [3.05, 3.63) is 29.8 Å². The van der Waals surface area contributed by atoms with Gasteiger partial charge in [0.15, 0.2) is 0 Å². The molecule has 20 heavy (non-hydrogen) atoms. The molecule has 0 spiro atoms. The van der Waals surface area contributed by atoms with Gasteiger partial charge >= 0.3 is 0 Å². The van der Waals surface area contributed by atoms with E-state index in [0.29, 0.717) is 12.5 Å². The lowest BCUT2D eigenvalue weighted by atomic mass is 10.2. The van der Waals surface area contributed by atoms with Gasteiger partial charge in [-0.05, 0) is 31.4 Å². The molecule has 2 rings (SSSR count). The highest BCUT2D eigenvalue weighted by Crippen LogP contribution is 2.37. The first kappa shape index (κ1) is 15.0. The molecule has 0 radical (unpaired) electrons. The van der Waals surface area contributed by atoms with E-state index in [1.165, 1.54) is 0 Å².